The van der Waals surface area contributed by atoms with Gasteiger partial charge < -0.3 is 24.0 Å². The van der Waals surface area contributed by atoms with Gasteiger partial charge >= 0.3 is 0 Å². The summed E-state index contributed by atoms with van der Waals surface area (Å²) in [5.74, 6) is 1.22. The lowest BCUT2D eigenvalue weighted by Crippen LogP contribution is -2.50. The number of rotatable bonds is 5. The maximum atomic E-state index is 12.9. The molecule has 1 aliphatic heterocycles. The van der Waals surface area contributed by atoms with E-state index in [0.29, 0.717) is 59.6 Å². The van der Waals surface area contributed by atoms with Crippen molar-refractivity contribution < 1.29 is 23.8 Å². The molecule has 0 atom stereocenters. The smallest absolute Gasteiger partial charge is 0.257 e. The van der Waals surface area contributed by atoms with Crippen molar-refractivity contribution in [2.24, 2.45) is 0 Å². The lowest BCUT2D eigenvalue weighted by Gasteiger charge is -2.35. The normalized spacial score (nSPS) is 13.8. The minimum atomic E-state index is -0.146. The molecule has 0 aliphatic carbocycles. The highest BCUT2D eigenvalue weighted by molar-refractivity contribution is 6.30. The van der Waals surface area contributed by atoms with Gasteiger partial charge in [-0.25, -0.2) is 0 Å². The molecule has 2 amide bonds. The fourth-order valence-corrected chi connectivity index (χ4v) is 3.43. The molecule has 1 fully saturated rings. The Kier molecular flexibility index (Phi) is 6.49. The van der Waals surface area contributed by atoms with Gasteiger partial charge in [-0.05, 0) is 30.3 Å². The number of carbonyl (C=O) groups excluding carboxylic acids is 2. The Bertz CT molecular complexity index is 910. The van der Waals surface area contributed by atoms with Crippen LogP contribution in [-0.2, 0) is 0 Å². The van der Waals surface area contributed by atoms with Gasteiger partial charge in [0.2, 0.25) is 0 Å². The molecule has 0 N–H and O–H groups in total. The fraction of sp³-hybridized carbons (Fsp3) is 0.333. The number of carbonyl (C=O) groups is 2. The number of nitrogens with zero attached hydrogens (tertiary/aromatic N) is 2. The van der Waals surface area contributed by atoms with Crippen LogP contribution in [0.3, 0.4) is 0 Å². The second-order valence-corrected chi connectivity index (χ2v) is 6.93. The van der Waals surface area contributed by atoms with Crippen LogP contribution in [0.2, 0.25) is 5.02 Å². The molecule has 29 heavy (non-hydrogen) atoms. The van der Waals surface area contributed by atoms with Crippen molar-refractivity contribution in [3.8, 4) is 17.2 Å². The van der Waals surface area contributed by atoms with E-state index in [-0.39, 0.29) is 11.8 Å². The Hall–Kier alpha value is -2.93. The number of hydrogen-bond donors (Lipinski definition) is 0. The van der Waals surface area contributed by atoms with E-state index in [2.05, 4.69) is 0 Å². The molecule has 1 saturated heterocycles. The summed E-state index contributed by atoms with van der Waals surface area (Å²) >= 11 is 5.97. The fourth-order valence-electron chi connectivity index (χ4n) is 3.27. The molecule has 0 aromatic heterocycles. The van der Waals surface area contributed by atoms with Crippen molar-refractivity contribution in [3.63, 3.8) is 0 Å². The second-order valence-electron chi connectivity index (χ2n) is 6.50. The Morgan fingerprint density at radius 3 is 1.72 bits per heavy atom. The number of methoxy groups -OCH3 is 3. The van der Waals surface area contributed by atoms with Gasteiger partial charge in [-0.1, -0.05) is 11.6 Å². The minimum Gasteiger partial charge on any atom is -0.497 e. The van der Waals surface area contributed by atoms with E-state index in [4.69, 9.17) is 25.8 Å². The number of amides is 2. The van der Waals surface area contributed by atoms with Crippen molar-refractivity contribution in [3.05, 3.63) is 52.5 Å². The van der Waals surface area contributed by atoms with Crippen LogP contribution >= 0.6 is 11.6 Å². The summed E-state index contributed by atoms with van der Waals surface area (Å²) < 4.78 is 15.8. The highest BCUT2D eigenvalue weighted by Gasteiger charge is 2.28. The zero-order valence-corrected chi connectivity index (χ0v) is 17.4. The Labute approximate surface area is 174 Å². The van der Waals surface area contributed by atoms with Gasteiger partial charge in [0.15, 0.2) is 0 Å². The summed E-state index contributed by atoms with van der Waals surface area (Å²) in [7, 11) is 4.57. The first-order valence-electron chi connectivity index (χ1n) is 9.12. The monoisotopic (exact) mass is 418 g/mol. The third-order valence-electron chi connectivity index (χ3n) is 4.89. The Morgan fingerprint density at radius 2 is 1.24 bits per heavy atom. The molecular formula is C21H23ClN2O5. The van der Waals surface area contributed by atoms with Gasteiger partial charge in [0.1, 0.15) is 17.2 Å². The molecule has 0 radical (unpaired) electrons. The quantitative estimate of drug-likeness (QED) is 0.746. The number of halogens is 1. The number of benzene rings is 2. The van der Waals surface area contributed by atoms with Crippen LogP contribution in [0, 0.1) is 0 Å². The van der Waals surface area contributed by atoms with Crippen molar-refractivity contribution in [2.75, 3.05) is 47.5 Å². The van der Waals surface area contributed by atoms with Crippen LogP contribution in [0.1, 0.15) is 20.7 Å². The molecular weight excluding hydrogens is 396 g/mol. The SMILES string of the molecule is COc1ccc(C(=O)N2CCN(C(=O)c3ccc(Cl)cc3OC)CC2)c(OC)c1. The average molecular weight is 419 g/mol. The number of piperazine rings is 1. The molecule has 0 spiro atoms. The van der Waals surface area contributed by atoms with Crippen LogP contribution in [-0.4, -0.2) is 69.1 Å². The van der Waals surface area contributed by atoms with Crippen molar-refractivity contribution in [1.29, 1.82) is 0 Å². The van der Waals surface area contributed by atoms with Crippen LogP contribution in [0.25, 0.3) is 0 Å². The predicted octanol–water partition coefficient (Wildman–Crippen LogP) is 2.96. The van der Waals surface area contributed by atoms with Crippen molar-refractivity contribution >= 4 is 23.4 Å². The molecule has 0 bridgehead atoms. The molecule has 0 unspecified atom stereocenters. The van der Waals surface area contributed by atoms with Crippen molar-refractivity contribution in [1.82, 2.24) is 9.80 Å². The van der Waals surface area contributed by atoms with Crippen LogP contribution in [0.5, 0.6) is 17.2 Å². The number of ether oxygens (including phenoxy) is 3. The average Bonchev–Trinajstić information content (AvgIpc) is 2.77. The van der Waals surface area contributed by atoms with E-state index in [9.17, 15) is 9.59 Å². The summed E-state index contributed by atoms with van der Waals surface area (Å²) in [6.45, 7) is 1.70. The largest absolute Gasteiger partial charge is 0.497 e. The van der Waals surface area contributed by atoms with Gasteiger partial charge in [0.05, 0.1) is 32.5 Å². The third-order valence-corrected chi connectivity index (χ3v) is 5.12. The van der Waals surface area contributed by atoms with Gasteiger partial charge in [-0.15, -0.1) is 0 Å². The Balaban J connectivity index is 1.69. The lowest BCUT2D eigenvalue weighted by atomic mass is 10.1. The van der Waals surface area contributed by atoms with E-state index in [1.807, 2.05) is 0 Å². The van der Waals surface area contributed by atoms with Crippen LogP contribution in [0.15, 0.2) is 36.4 Å². The van der Waals surface area contributed by atoms with Gasteiger partial charge in [-0.3, -0.25) is 9.59 Å². The molecule has 3 rings (SSSR count). The summed E-state index contributed by atoms with van der Waals surface area (Å²) in [4.78, 5) is 29.2. The van der Waals surface area contributed by atoms with E-state index in [1.165, 1.54) is 14.2 Å². The summed E-state index contributed by atoms with van der Waals surface area (Å²) in [6.07, 6.45) is 0. The second kappa shape index (κ2) is 9.05. The first-order valence-corrected chi connectivity index (χ1v) is 9.50. The van der Waals surface area contributed by atoms with Gasteiger partial charge in [0.25, 0.3) is 11.8 Å². The highest BCUT2D eigenvalue weighted by atomic mass is 35.5. The topological polar surface area (TPSA) is 68.3 Å². The van der Waals surface area contributed by atoms with E-state index < -0.39 is 0 Å². The standard InChI is InChI=1S/C21H23ClN2O5/c1-27-15-5-7-17(19(13-15)29-3)21(26)24-10-8-23(9-11-24)20(25)16-6-4-14(22)12-18(16)28-2/h4-7,12-13H,8-11H2,1-3H3. The molecule has 1 heterocycles. The third kappa shape index (κ3) is 4.40. The lowest BCUT2D eigenvalue weighted by molar-refractivity contribution is 0.0531. The summed E-state index contributed by atoms with van der Waals surface area (Å²) in [5, 5.41) is 0.502. The molecule has 7 nitrogen and oxygen atoms in total. The van der Waals surface area contributed by atoms with Crippen molar-refractivity contribution in [2.45, 2.75) is 0 Å². The van der Waals surface area contributed by atoms with Gasteiger partial charge in [0, 0.05) is 37.3 Å². The first-order chi connectivity index (χ1) is 14.0. The maximum absolute atomic E-state index is 12.9. The summed E-state index contributed by atoms with van der Waals surface area (Å²) in [6, 6.07) is 10.0. The van der Waals surface area contributed by atoms with E-state index in [0.717, 1.165) is 0 Å². The highest BCUT2D eigenvalue weighted by Crippen LogP contribution is 2.27. The maximum Gasteiger partial charge on any atom is 0.257 e. The number of hydrogen-bond acceptors (Lipinski definition) is 5. The first kappa shape index (κ1) is 20.8. The molecule has 2 aromatic carbocycles. The zero-order valence-electron chi connectivity index (χ0n) is 16.6. The van der Waals surface area contributed by atoms with Crippen LogP contribution in [0.4, 0.5) is 0 Å². The predicted molar refractivity (Wildman–Crippen MR) is 109 cm³/mol. The summed E-state index contributed by atoms with van der Waals surface area (Å²) in [5.41, 5.74) is 0.918. The molecule has 154 valence electrons. The molecule has 1 aliphatic rings. The molecule has 2 aromatic rings. The zero-order chi connectivity index (χ0) is 21.0. The molecule has 8 heteroatoms. The van der Waals surface area contributed by atoms with E-state index in [1.54, 1.807) is 53.3 Å². The van der Waals surface area contributed by atoms with Gasteiger partial charge in [-0.2, -0.15) is 0 Å². The Morgan fingerprint density at radius 1 is 0.759 bits per heavy atom. The van der Waals surface area contributed by atoms with E-state index >= 15 is 0 Å². The molecule has 0 saturated carbocycles. The van der Waals surface area contributed by atoms with Crippen LogP contribution < -0.4 is 14.2 Å². The minimum absolute atomic E-state index is 0.138.